The molecule has 2 aromatic heterocycles. The van der Waals surface area contributed by atoms with Crippen molar-refractivity contribution in [3.05, 3.63) is 29.7 Å². The van der Waals surface area contributed by atoms with Gasteiger partial charge < -0.3 is 19.5 Å². The van der Waals surface area contributed by atoms with E-state index in [1.54, 1.807) is 6.20 Å². The monoisotopic (exact) mass is 428 g/mol. The first-order valence-corrected chi connectivity index (χ1v) is 11.0. The Morgan fingerprint density at radius 3 is 2.52 bits per heavy atom. The van der Waals surface area contributed by atoms with Crippen LogP contribution in [0.15, 0.2) is 18.6 Å². The van der Waals surface area contributed by atoms with Crippen LogP contribution in [0.1, 0.15) is 37.8 Å². The van der Waals surface area contributed by atoms with Crippen molar-refractivity contribution in [2.45, 2.75) is 38.8 Å². The predicted molar refractivity (Wildman–Crippen MR) is 116 cm³/mol. The lowest BCUT2D eigenvalue weighted by atomic mass is 9.83. The van der Waals surface area contributed by atoms with Gasteiger partial charge in [0.1, 0.15) is 5.60 Å². The zero-order valence-corrected chi connectivity index (χ0v) is 18.8. The average Bonchev–Trinajstić information content (AvgIpc) is 3.29. The van der Waals surface area contributed by atoms with Gasteiger partial charge >= 0.3 is 6.01 Å². The van der Waals surface area contributed by atoms with Crippen molar-refractivity contribution in [3.63, 3.8) is 0 Å². The van der Waals surface area contributed by atoms with E-state index in [-0.39, 0.29) is 11.9 Å². The van der Waals surface area contributed by atoms with Crippen LogP contribution in [0, 0.1) is 11.8 Å². The molecule has 2 fully saturated rings. The molecule has 0 aromatic carbocycles. The average molecular weight is 429 g/mol. The van der Waals surface area contributed by atoms with Crippen LogP contribution in [0.3, 0.4) is 0 Å². The topological polar surface area (TPSA) is 96.7 Å². The van der Waals surface area contributed by atoms with Crippen LogP contribution in [0.4, 0.5) is 5.95 Å². The molecule has 1 aliphatic carbocycles. The van der Waals surface area contributed by atoms with Crippen molar-refractivity contribution in [3.8, 4) is 11.9 Å². The largest absolute Gasteiger partial charge is 0.478 e. The molecule has 1 saturated heterocycles. The minimum absolute atomic E-state index is 0.107. The number of likely N-dealkylation sites (tertiary alicyclic amines) is 1. The van der Waals surface area contributed by atoms with Crippen LogP contribution in [-0.2, 0) is 12.1 Å². The van der Waals surface area contributed by atoms with Gasteiger partial charge in [0.25, 0.3) is 0 Å². The highest BCUT2D eigenvalue weighted by molar-refractivity contribution is 5.34. The zero-order chi connectivity index (χ0) is 22.0. The maximum Gasteiger partial charge on any atom is 0.319 e. The van der Waals surface area contributed by atoms with Crippen LogP contribution in [-0.4, -0.2) is 70.3 Å². The molecule has 2 aliphatic rings. The number of nitrogens with zero attached hydrogens (tertiary/aromatic N) is 6. The van der Waals surface area contributed by atoms with Gasteiger partial charge in [-0.2, -0.15) is 4.98 Å². The van der Waals surface area contributed by atoms with Gasteiger partial charge in [0.15, 0.2) is 0 Å². The molecule has 4 rings (SSSR count). The molecule has 0 bridgehead atoms. The first kappa shape index (κ1) is 21.7. The maximum atomic E-state index is 11.8. The Labute approximate surface area is 183 Å². The molecule has 3 heterocycles. The molecule has 3 atom stereocenters. The van der Waals surface area contributed by atoms with Gasteiger partial charge in [-0.15, -0.1) is 0 Å². The highest BCUT2D eigenvalue weighted by Crippen LogP contribution is 2.52. The van der Waals surface area contributed by atoms with E-state index in [1.807, 2.05) is 45.2 Å². The lowest BCUT2D eigenvalue weighted by molar-refractivity contribution is -0.0101. The number of fused-ring (bicyclic) bond motifs is 1. The Morgan fingerprint density at radius 1 is 1.10 bits per heavy atom. The Balaban J connectivity index is 1.51. The molecule has 9 nitrogen and oxygen atoms in total. The minimum Gasteiger partial charge on any atom is -0.478 e. The zero-order valence-electron chi connectivity index (χ0n) is 18.8. The van der Waals surface area contributed by atoms with Crippen molar-refractivity contribution < 1.29 is 14.6 Å². The van der Waals surface area contributed by atoms with Crippen molar-refractivity contribution in [2.24, 2.45) is 11.8 Å². The third-order valence-corrected chi connectivity index (χ3v) is 6.28. The SMILES string of the molecule is CCOc1ncc([C@]2(O)CC[C@H]3CN(Cc4cnc(N(C)C)nc4)C[C@H]32)c(OCC)n1. The summed E-state index contributed by atoms with van der Waals surface area (Å²) in [5, 5.41) is 11.8. The summed E-state index contributed by atoms with van der Waals surface area (Å²) in [5.41, 5.74) is 0.749. The van der Waals surface area contributed by atoms with Gasteiger partial charge in [-0.25, -0.2) is 15.0 Å². The summed E-state index contributed by atoms with van der Waals surface area (Å²) in [7, 11) is 3.86. The number of aliphatic hydroxyl groups is 1. The highest BCUT2D eigenvalue weighted by Gasteiger charge is 2.53. The first-order valence-electron chi connectivity index (χ1n) is 11.0. The molecule has 9 heteroatoms. The van der Waals surface area contributed by atoms with E-state index in [0.717, 1.165) is 31.6 Å². The molecule has 2 aromatic rings. The summed E-state index contributed by atoms with van der Waals surface area (Å²) in [6.45, 7) is 7.27. The maximum absolute atomic E-state index is 11.8. The molecule has 0 spiro atoms. The van der Waals surface area contributed by atoms with Gasteiger partial charge in [0, 0.05) is 63.8 Å². The van der Waals surface area contributed by atoms with E-state index < -0.39 is 5.60 Å². The van der Waals surface area contributed by atoms with Gasteiger partial charge in [0.05, 0.1) is 18.8 Å². The first-order chi connectivity index (χ1) is 14.9. The molecule has 1 aliphatic heterocycles. The number of hydrogen-bond donors (Lipinski definition) is 1. The Bertz CT molecular complexity index is 893. The van der Waals surface area contributed by atoms with Crippen LogP contribution in [0.2, 0.25) is 0 Å². The fourth-order valence-corrected chi connectivity index (χ4v) is 4.86. The molecule has 0 amide bonds. The van der Waals surface area contributed by atoms with Crippen LogP contribution < -0.4 is 14.4 Å². The van der Waals surface area contributed by atoms with E-state index in [4.69, 9.17) is 9.47 Å². The third-order valence-electron chi connectivity index (χ3n) is 6.28. The summed E-state index contributed by atoms with van der Waals surface area (Å²) < 4.78 is 11.2. The molecular weight excluding hydrogens is 396 g/mol. The number of aromatic nitrogens is 4. The molecular formula is C22H32N6O3. The predicted octanol–water partition coefficient (Wildman–Crippen LogP) is 1.86. The van der Waals surface area contributed by atoms with Gasteiger partial charge in [0.2, 0.25) is 11.8 Å². The number of hydrogen-bond acceptors (Lipinski definition) is 9. The second kappa shape index (κ2) is 8.92. The fraction of sp³-hybridized carbons (Fsp3) is 0.636. The highest BCUT2D eigenvalue weighted by atomic mass is 16.5. The second-order valence-corrected chi connectivity index (χ2v) is 8.55. The Morgan fingerprint density at radius 2 is 1.84 bits per heavy atom. The van der Waals surface area contributed by atoms with Crippen molar-refractivity contribution in [1.29, 1.82) is 0 Å². The van der Waals surface area contributed by atoms with Gasteiger partial charge in [-0.05, 0) is 32.6 Å². The van der Waals surface area contributed by atoms with Crippen molar-refractivity contribution in [1.82, 2.24) is 24.8 Å². The molecule has 168 valence electrons. The Hall–Kier alpha value is -2.52. The van der Waals surface area contributed by atoms with Crippen molar-refractivity contribution in [2.75, 3.05) is 45.3 Å². The van der Waals surface area contributed by atoms with Crippen molar-refractivity contribution >= 4 is 5.95 Å². The summed E-state index contributed by atoms with van der Waals surface area (Å²) >= 11 is 0. The number of ether oxygens (including phenoxy) is 2. The number of rotatable bonds is 8. The quantitative estimate of drug-likeness (QED) is 0.676. The van der Waals surface area contributed by atoms with Crippen LogP contribution in [0.5, 0.6) is 11.9 Å². The second-order valence-electron chi connectivity index (χ2n) is 8.55. The fourth-order valence-electron chi connectivity index (χ4n) is 4.86. The summed E-state index contributed by atoms with van der Waals surface area (Å²) in [6.07, 6.45) is 7.11. The molecule has 31 heavy (non-hydrogen) atoms. The van der Waals surface area contributed by atoms with Crippen LogP contribution in [0.25, 0.3) is 0 Å². The lowest BCUT2D eigenvalue weighted by Crippen LogP contribution is -2.35. The van der Waals surface area contributed by atoms with Gasteiger partial charge in [-0.1, -0.05) is 0 Å². The summed E-state index contributed by atoms with van der Waals surface area (Å²) in [4.78, 5) is 21.8. The van der Waals surface area contributed by atoms with E-state index in [1.165, 1.54) is 0 Å². The van der Waals surface area contributed by atoms with E-state index in [2.05, 4.69) is 24.8 Å². The van der Waals surface area contributed by atoms with Crippen LogP contribution >= 0.6 is 0 Å². The molecule has 0 radical (unpaired) electrons. The minimum atomic E-state index is -1.00. The summed E-state index contributed by atoms with van der Waals surface area (Å²) in [6, 6.07) is 0.280. The smallest absolute Gasteiger partial charge is 0.319 e. The molecule has 1 N–H and O–H groups in total. The lowest BCUT2D eigenvalue weighted by Gasteiger charge is -2.31. The molecule has 1 saturated carbocycles. The van der Waals surface area contributed by atoms with E-state index in [9.17, 15) is 5.11 Å². The van der Waals surface area contributed by atoms with E-state index in [0.29, 0.717) is 42.9 Å². The Kier molecular flexibility index (Phi) is 6.24. The third kappa shape index (κ3) is 4.29. The molecule has 0 unspecified atom stereocenters. The summed E-state index contributed by atoms with van der Waals surface area (Å²) in [5.74, 6) is 1.66. The number of anilines is 1. The van der Waals surface area contributed by atoms with Gasteiger partial charge in [-0.3, -0.25) is 4.90 Å². The standard InChI is InChI=1S/C22H32N6O3/c1-5-30-19-17(11-25-21(26-19)31-6-2)22(29)8-7-16-13-28(14-18(16)22)12-15-9-23-20(24-10-15)27(3)4/h9-11,16,18,29H,5-8,12-14H2,1-4H3/t16-,18+,22+/m0/s1. The normalized spacial score (nSPS) is 25.5. The van der Waals surface area contributed by atoms with E-state index >= 15 is 0 Å².